The van der Waals surface area contributed by atoms with E-state index in [1.807, 2.05) is 10.6 Å². The van der Waals surface area contributed by atoms with Gasteiger partial charge in [0.2, 0.25) is 5.91 Å². The van der Waals surface area contributed by atoms with Gasteiger partial charge in [0.15, 0.2) is 5.16 Å². The van der Waals surface area contributed by atoms with Gasteiger partial charge in [-0.2, -0.15) is 5.26 Å². The molecule has 0 saturated carbocycles. The van der Waals surface area contributed by atoms with Crippen LogP contribution < -0.4 is 5.32 Å². The number of anilines is 1. The Kier molecular flexibility index (Phi) is 5.74. The average Bonchev–Trinajstić information content (AvgIpc) is 2.95. The summed E-state index contributed by atoms with van der Waals surface area (Å²) in [7, 11) is 0. The standard InChI is InChI=1S/C15H15N5OS/c1-2-8-20-11-17-19-15(20)22-9-7-14(21)18-13-6-4-3-5-12(13)10-16/h2-6,11H,1,7-9H2,(H,18,21). The summed E-state index contributed by atoms with van der Waals surface area (Å²) in [4.78, 5) is 11.9. The molecule has 0 radical (unpaired) electrons. The van der Waals surface area contributed by atoms with Gasteiger partial charge in [-0.15, -0.1) is 16.8 Å². The lowest BCUT2D eigenvalue weighted by atomic mass is 10.2. The topological polar surface area (TPSA) is 83.6 Å². The van der Waals surface area contributed by atoms with E-state index >= 15 is 0 Å². The van der Waals surface area contributed by atoms with Crippen LogP contribution >= 0.6 is 11.8 Å². The van der Waals surface area contributed by atoms with Crippen LogP contribution in [0.25, 0.3) is 0 Å². The van der Waals surface area contributed by atoms with E-state index < -0.39 is 0 Å². The number of hydrogen-bond acceptors (Lipinski definition) is 5. The Morgan fingerprint density at radius 1 is 1.50 bits per heavy atom. The second-order valence-electron chi connectivity index (χ2n) is 4.36. The summed E-state index contributed by atoms with van der Waals surface area (Å²) in [6.45, 7) is 4.31. The van der Waals surface area contributed by atoms with Crippen molar-refractivity contribution in [2.75, 3.05) is 11.1 Å². The van der Waals surface area contributed by atoms with Crippen molar-refractivity contribution in [2.45, 2.75) is 18.1 Å². The van der Waals surface area contributed by atoms with E-state index in [9.17, 15) is 4.79 Å². The zero-order valence-corrected chi connectivity index (χ0v) is 12.7. The predicted molar refractivity (Wildman–Crippen MR) is 85.3 cm³/mol. The Labute approximate surface area is 132 Å². The smallest absolute Gasteiger partial charge is 0.225 e. The van der Waals surface area contributed by atoms with Crippen molar-refractivity contribution < 1.29 is 4.79 Å². The van der Waals surface area contributed by atoms with Gasteiger partial charge in [0, 0.05) is 18.7 Å². The number of thioether (sulfide) groups is 1. The van der Waals surface area contributed by atoms with Crippen LogP contribution in [0.1, 0.15) is 12.0 Å². The summed E-state index contributed by atoms with van der Waals surface area (Å²) in [5.74, 6) is 0.445. The van der Waals surface area contributed by atoms with Crippen molar-refractivity contribution in [3.63, 3.8) is 0 Å². The van der Waals surface area contributed by atoms with E-state index in [1.54, 1.807) is 36.7 Å². The maximum Gasteiger partial charge on any atom is 0.225 e. The minimum absolute atomic E-state index is 0.134. The third kappa shape index (κ3) is 4.20. The fourth-order valence-electron chi connectivity index (χ4n) is 1.76. The molecule has 0 bridgehead atoms. The van der Waals surface area contributed by atoms with E-state index in [4.69, 9.17) is 5.26 Å². The lowest BCUT2D eigenvalue weighted by molar-refractivity contribution is -0.115. The van der Waals surface area contributed by atoms with Crippen LogP contribution in [0.4, 0.5) is 5.69 Å². The summed E-state index contributed by atoms with van der Waals surface area (Å²) in [6, 6.07) is 8.97. The molecule has 7 heteroatoms. The first kappa shape index (κ1) is 15.8. The van der Waals surface area contributed by atoms with E-state index in [0.29, 0.717) is 30.0 Å². The zero-order valence-electron chi connectivity index (χ0n) is 11.9. The van der Waals surface area contributed by atoms with Crippen molar-refractivity contribution in [2.24, 2.45) is 0 Å². The molecule has 0 atom stereocenters. The summed E-state index contributed by atoms with van der Waals surface area (Å²) in [5.41, 5.74) is 0.990. The Morgan fingerprint density at radius 3 is 3.09 bits per heavy atom. The lowest BCUT2D eigenvalue weighted by Gasteiger charge is -2.06. The highest BCUT2D eigenvalue weighted by atomic mass is 32.2. The monoisotopic (exact) mass is 313 g/mol. The fourth-order valence-corrected chi connectivity index (χ4v) is 2.62. The minimum Gasteiger partial charge on any atom is -0.325 e. The van der Waals surface area contributed by atoms with E-state index in [0.717, 1.165) is 5.16 Å². The van der Waals surface area contributed by atoms with Crippen molar-refractivity contribution in [3.8, 4) is 6.07 Å². The molecular weight excluding hydrogens is 298 g/mol. The van der Waals surface area contributed by atoms with Crippen molar-refractivity contribution in [1.29, 1.82) is 5.26 Å². The minimum atomic E-state index is -0.134. The quantitative estimate of drug-likeness (QED) is 0.627. The van der Waals surface area contributed by atoms with Crippen LogP contribution in [-0.2, 0) is 11.3 Å². The summed E-state index contributed by atoms with van der Waals surface area (Å²) in [5, 5.41) is 20.3. The first-order valence-corrected chi connectivity index (χ1v) is 7.63. The number of hydrogen-bond donors (Lipinski definition) is 1. The van der Waals surface area contributed by atoms with Gasteiger partial charge in [-0.05, 0) is 12.1 Å². The molecule has 0 aliphatic heterocycles. The Bertz CT molecular complexity index is 704. The van der Waals surface area contributed by atoms with Crippen molar-refractivity contribution in [1.82, 2.24) is 14.8 Å². The molecule has 0 aliphatic rings. The van der Waals surface area contributed by atoms with Crippen molar-refractivity contribution >= 4 is 23.4 Å². The van der Waals surface area contributed by atoms with E-state index in [2.05, 4.69) is 22.1 Å². The van der Waals surface area contributed by atoms with Crippen LogP contribution in [0, 0.1) is 11.3 Å². The first-order valence-electron chi connectivity index (χ1n) is 6.65. The fraction of sp³-hybridized carbons (Fsp3) is 0.200. The number of nitrogens with zero attached hydrogens (tertiary/aromatic N) is 4. The molecule has 0 fully saturated rings. The zero-order chi connectivity index (χ0) is 15.8. The average molecular weight is 313 g/mol. The molecule has 6 nitrogen and oxygen atoms in total. The lowest BCUT2D eigenvalue weighted by Crippen LogP contribution is -2.13. The molecule has 1 amide bonds. The number of carbonyl (C=O) groups excluding carboxylic acids is 1. The molecule has 1 heterocycles. The number of para-hydroxylation sites is 1. The molecule has 2 rings (SSSR count). The molecule has 0 aliphatic carbocycles. The molecular formula is C15H15N5OS. The summed E-state index contributed by atoms with van der Waals surface area (Å²) < 4.78 is 1.86. The third-order valence-corrected chi connectivity index (χ3v) is 3.77. The van der Waals surface area contributed by atoms with Gasteiger partial charge in [0.25, 0.3) is 0 Å². The molecule has 22 heavy (non-hydrogen) atoms. The first-order chi connectivity index (χ1) is 10.7. The Hall–Kier alpha value is -2.59. The number of carbonyl (C=O) groups is 1. The third-order valence-electron chi connectivity index (χ3n) is 2.79. The van der Waals surface area contributed by atoms with Gasteiger partial charge in [-0.3, -0.25) is 4.79 Å². The van der Waals surface area contributed by atoms with Crippen LogP contribution in [-0.4, -0.2) is 26.4 Å². The predicted octanol–water partition coefficient (Wildman–Crippen LogP) is 2.46. The van der Waals surface area contributed by atoms with Crippen LogP contribution in [0.5, 0.6) is 0 Å². The van der Waals surface area contributed by atoms with Gasteiger partial charge >= 0.3 is 0 Å². The second-order valence-corrected chi connectivity index (χ2v) is 5.42. The van der Waals surface area contributed by atoms with Gasteiger partial charge in [-0.1, -0.05) is 30.0 Å². The molecule has 0 spiro atoms. The molecule has 112 valence electrons. The van der Waals surface area contributed by atoms with Crippen LogP contribution in [0.2, 0.25) is 0 Å². The number of nitrogens with one attached hydrogen (secondary N) is 1. The van der Waals surface area contributed by atoms with Gasteiger partial charge in [-0.25, -0.2) is 0 Å². The summed E-state index contributed by atoms with van der Waals surface area (Å²) in [6.07, 6.45) is 3.72. The number of allylic oxidation sites excluding steroid dienone is 1. The van der Waals surface area contributed by atoms with Crippen LogP contribution in [0.3, 0.4) is 0 Å². The molecule has 2 aromatic rings. The Morgan fingerprint density at radius 2 is 2.32 bits per heavy atom. The second kappa shape index (κ2) is 8.00. The largest absolute Gasteiger partial charge is 0.325 e. The van der Waals surface area contributed by atoms with Gasteiger partial charge in [0.1, 0.15) is 12.4 Å². The molecule has 0 unspecified atom stereocenters. The summed E-state index contributed by atoms with van der Waals surface area (Å²) >= 11 is 1.46. The highest BCUT2D eigenvalue weighted by Crippen LogP contribution is 2.17. The maximum absolute atomic E-state index is 11.9. The normalized spacial score (nSPS) is 9.95. The van der Waals surface area contributed by atoms with Crippen LogP contribution in [0.15, 0.2) is 48.4 Å². The number of benzene rings is 1. The maximum atomic E-state index is 11.9. The van der Waals surface area contributed by atoms with Gasteiger partial charge < -0.3 is 9.88 Å². The molecule has 1 aromatic heterocycles. The number of rotatable bonds is 7. The van der Waals surface area contributed by atoms with E-state index in [-0.39, 0.29) is 5.91 Å². The molecule has 1 aromatic carbocycles. The number of aromatic nitrogens is 3. The van der Waals surface area contributed by atoms with Crippen molar-refractivity contribution in [3.05, 3.63) is 48.8 Å². The van der Waals surface area contributed by atoms with Gasteiger partial charge in [0.05, 0.1) is 11.3 Å². The highest BCUT2D eigenvalue weighted by Gasteiger charge is 2.08. The Balaban J connectivity index is 1.84. The highest BCUT2D eigenvalue weighted by molar-refractivity contribution is 7.99. The number of nitriles is 1. The van der Waals surface area contributed by atoms with E-state index in [1.165, 1.54) is 11.8 Å². The number of amides is 1. The molecule has 1 N–H and O–H groups in total. The molecule has 0 saturated heterocycles. The SMILES string of the molecule is C=CCn1cnnc1SCCC(=O)Nc1ccccc1C#N.